The van der Waals surface area contributed by atoms with Gasteiger partial charge in [-0.05, 0) is 48.5 Å². The summed E-state index contributed by atoms with van der Waals surface area (Å²) in [5, 5.41) is 1.43. The van der Waals surface area contributed by atoms with Gasteiger partial charge in [-0.15, -0.1) is 0 Å². The summed E-state index contributed by atoms with van der Waals surface area (Å²) < 4.78 is 31.6. The van der Waals surface area contributed by atoms with Crippen molar-refractivity contribution in [3.63, 3.8) is 0 Å². The van der Waals surface area contributed by atoms with Crippen LogP contribution in [0.1, 0.15) is 0 Å². The van der Waals surface area contributed by atoms with E-state index in [4.69, 9.17) is 52.4 Å². The number of halogens is 2. The van der Waals surface area contributed by atoms with Gasteiger partial charge in [0.1, 0.15) is 0 Å². The van der Waals surface area contributed by atoms with Gasteiger partial charge in [-0.3, -0.25) is 20.8 Å². The van der Waals surface area contributed by atoms with Crippen LogP contribution < -0.4 is 22.5 Å². The summed E-state index contributed by atoms with van der Waals surface area (Å²) >= 11 is 11.2. The van der Waals surface area contributed by atoms with Crippen molar-refractivity contribution in [1.29, 1.82) is 0 Å². The summed E-state index contributed by atoms with van der Waals surface area (Å²) in [6.45, 7) is 0. The van der Waals surface area contributed by atoms with Gasteiger partial charge in [0.2, 0.25) is 0 Å². The van der Waals surface area contributed by atoms with E-state index >= 15 is 0 Å². The molecule has 0 fully saturated rings. The van der Waals surface area contributed by atoms with Crippen LogP contribution in [0, 0.1) is 0 Å². The Kier molecular flexibility index (Phi) is 10.3. The first kappa shape index (κ1) is 21.4. The quantitative estimate of drug-likeness (QED) is 0.263. The molecule has 2 rings (SSSR count). The molecular formula is C12H16Cl2N4O4S. The van der Waals surface area contributed by atoms with E-state index < -0.39 is 10.4 Å². The van der Waals surface area contributed by atoms with Crippen LogP contribution in [0.2, 0.25) is 10.0 Å². The molecule has 11 heteroatoms. The lowest BCUT2D eigenvalue weighted by Gasteiger charge is -1.96. The van der Waals surface area contributed by atoms with Crippen molar-refractivity contribution in [2.75, 3.05) is 10.9 Å². The molecule has 128 valence electrons. The third-order valence-electron chi connectivity index (χ3n) is 2.02. The topological polar surface area (TPSA) is 151 Å². The summed E-state index contributed by atoms with van der Waals surface area (Å²) in [5.74, 6) is 10.2. The highest BCUT2D eigenvalue weighted by Crippen LogP contribution is 2.12. The van der Waals surface area contributed by atoms with E-state index in [9.17, 15) is 0 Å². The van der Waals surface area contributed by atoms with Crippen molar-refractivity contribution in [3.05, 3.63) is 58.6 Å². The SMILES string of the molecule is NNc1ccc(Cl)cc1.NNc1ccc(Cl)cc1.O=S(=O)(O)O. The lowest BCUT2D eigenvalue weighted by atomic mass is 10.3. The third-order valence-corrected chi connectivity index (χ3v) is 2.53. The van der Waals surface area contributed by atoms with Gasteiger partial charge in [-0.1, -0.05) is 23.2 Å². The molecule has 0 bridgehead atoms. The lowest BCUT2D eigenvalue weighted by Crippen LogP contribution is -2.05. The van der Waals surface area contributed by atoms with Gasteiger partial charge in [0.05, 0.1) is 0 Å². The predicted molar refractivity (Wildman–Crippen MR) is 92.7 cm³/mol. The Hall–Kier alpha value is -1.59. The minimum Gasteiger partial charge on any atom is -0.324 e. The fourth-order valence-corrected chi connectivity index (χ4v) is 1.34. The molecule has 8 N–H and O–H groups in total. The van der Waals surface area contributed by atoms with Crippen LogP contribution in [0.4, 0.5) is 11.4 Å². The Labute approximate surface area is 143 Å². The highest BCUT2D eigenvalue weighted by atomic mass is 35.5. The zero-order valence-corrected chi connectivity index (χ0v) is 14.0. The highest BCUT2D eigenvalue weighted by molar-refractivity contribution is 7.79. The largest absolute Gasteiger partial charge is 0.394 e. The number of benzene rings is 2. The molecule has 2 aromatic rings. The second-order valence-corrected chi connectivity index (χ2v) is 5.52. The van der Waals surface area contributed by atoms with Crippen molar-refractivity contribution in [3.8, 4) is 0 Å². The predicted octanol–water partition coefficient (Wildman–Crippen LogP) is 2.60. The standard InChI is InChI=1S/2C6H7ClN2.H2O4S/c2*7-5-1-3-6(9-8)4-2-5;1-5(2,3)4/h2*1-4,9H,8H2;(H2,1,2,3,4). The maximum Gasteiger partial charge on any atom is 0.394 e. The number of hydrogen-bond donors (Lipinski definition) is 6. The third kappa shape index (κ3) is 13.8. The molecule has 0 aliphatic heterocycles. The van der Waals surface area contributed by atoms with E-state index in [1.807, 2.05) is 24.3 Å². The van der Waals surface area contributed by atoms with Gasteiger partial charge in [0, 0.05) is 21.4 Å². The number of hydrogen-bond acceptors (Lipinski definition) is 6. The van der Waals surface area contributed by atoms with Gasteiger partial charge in [-0.2, -0.15) is 8.42 Å². The molecule has 0 aliphatic rings. The minimum atomic E-state index is -4.67. The first-order chi connectivity index (χ1) is 10.7. The molecule has 0 saturated heterocycles. The van der Waals surface area contributed by atoms with E-state index in [0.717, 1.165) is 11.4 Å². The van der Waals surface area contributed by atoms with Gasteiger partial charge in [0.15, 0.2) is 0 Å². The fraction of sp³-hybridized carbons (Fsp3) is 0. The summed E-state index contributed by atoms with van der Waals surface area (Å²) in [6.07, 6.45) is 0. The highest BCUT2D eigenvalue weighted by Gasteiger charge is 1.86. The Morgan fingerprint density at radius 3 is 1.13 bits per heavy atom. The van der Waals surface area contributed by atoms with E-state index in [0.29, 0.717) is 10.0 Å². The molecule has 2 aromatic carbocycles. The van der Waals surface area contributed by atoms with Gasteiger partial charge < -0.3 is 10.9 Å². The Morgan fingerprint density at radius 2 is 0.957 bits per heavy atom. The van der Waals surface area contributed by atoms with Crippen molar-refractivity contribution in [2.24, 2.45) is 11.7 Å². The van der Waals surface area contributed by atoms with E-state index in [-0.39, 0.29) is 0 Å². The second-order valence-electron chi connectivity index (χ2n) is 3.75. The molecule has 0 atom stereocenters. The summed E-state index contributed by atoms with van der Waals surface area (Å²) in [7, 11) is -4.67. The van der Waals surface area contributed by atoms with Crippen LogP contribution >= 0.6 is 23.2 Å². The van der Waals surface area contributed by atoms with E-state index in [1.54, 1.807) is 24.3 Å². The molecule has 0 aromatic heterocycles. The second kappa shape index (κ2) is 11.0. The maximum absolute atomic E-state index is 8.74. The Balaban J connectivity index is 0.000000332. The van der Waals surface area contributed by atoms with E-state index in [2.05, 4.69) is 10.9 Å². The summed E-state index contributed by atoms with van der Waals surface area (Å²) in [5.41, 5.74) is 6.71. The van der Waals surface area contributed by atoms with Crippen LogP contribution in [0.5, 0.6) is 0 Å². The zero-order valence-electron chi connectivity index (χ0n) is 11.6. The molecular weight excluding hydrogens is 367 g/mol. The van der Waals surface area contributed by atoms with Crippen molar-refractivity contribution in [2.45, 2.75) is 0 Å². The first-order valence-electron chi connectivity index (χ1n) is 5.80. The number of rotatable bonds is 2. The van der Waals surface area contributed by atoms with Gasteiger partial charge >= 0.3 is 10.4 Å². The van der Waals surface area contributed by atoms with E-state index in [1.165, 1.54) is 0 Å². The van der Waals surface area contributed by atoms with Crippen molar-refractivity contribution >= 4 is 45.0 Å². The zero-order chi connectivity index (χ0) is 17.9. The molecule has 0 spiro atoms. The van der Waals surface area contributed by atoms with Crippen LogP contribution in [-0.4, -0.2) is 17.5 Å². The van der Waals surface area contributed by atoms with Crippen LogP contribution in [0.15, 0.2) is 48.5 Å². The Bertz CT molecular complexity index is 613. The number of nitrogens with two attached hydrogens (primary N) is 2. The average Bonchev–Trinajstić information content (AvgIpc) is 2.48. The lowest BCUT2D eigenvalue weighted by molar-refractivity contribution is 0.381. The van der Waals surface area contributed by atoms with Crippen LogP contribution in [-0.2, 0) is 10.4 Å². The van der Waals surface area contributed by atoms with Crippen molar-refractivity contribution < 1.29 is 17.5 Å². The van der Waals surface area contributed by atoms with Crippen LogP contribution in [0.25, 0.3) is 0 Å². The molecule has 8 nitrogen and oxygen atoms in total. The molecule has 0 saturated carbocycles. The molecule has 0 amide bonds. The normalized spacial score (nSPS) is 9.65. The number of anilines is 2. The monoisotopic (exact) mass is 382 g/mol. The summed E-state index contributed by atoms with van der Waals surface area (Å²) in [6, 6.07) is 14.3. The molecule has 23 heavy (non-hydrogen) atoms. The molecule has 0 radical (unpaired) electrons. The Morgan fingerprint density at radius 1 is 0.739 bits per heavy atom. The van der Waals surface area contributed by atoms with Crippen molar-refractivity contribution in [1.82, 2.24) is 0 Å². The molecule has 0 unspecified atom stereocenters. The van der Waals surface area contributed by atoms with Gasteiger partial charge in [-0.25, -0.2) is 0 Å². The average molecular weight is 383 g/mol. The number of nitrogens with one attached hydrogen (secondary N) is 2. The summed E-state index contributed by atoms with van der Waals surface area (Å²) in [4.78, 5) is 0. The number of hydrazine groups is 2. The smallest absolute Gasteiger partial charge is 0.324 e. The molecule has 0 heterocycles. The first-order valence-corrected chi connectivity index (χ1v) is 7.95. The number of nitrogen functional groups attached to an aromatic ring is 2. The van der Waals surface area contributed by atoms with Gasteiger partial charge in [0.25, 0.3) is 0 Å². The maximum atomic E-state index is 8.74. The fourth-order valence-electron chi connectivity index (χ4n) is 1.09. The molecule has 0 aliphatic carbocycles. The minimum absolute atomic E-state index is 0.717. The van der Waals surface area contributed by atoms with Crippen LogP contribution in [0.3, 0.4) is 0 Å².